The van der Waals surface area contributed by atoms with E-state index in [1.54, 1.807) is 6.07 Å². The molecular formula is C12H11N3O5. The Morgan fingerprint density at radius 1 is 1.45 bits per heavy atom. The topological polar surface area (TPSA) is 128 Å². The molecule has 0 spiro atoms. The minimum absolute atomic E-state index is 0.0125. The fourth-order valence-electron chi connectivity index (χ4n) is 1.50. The number of nitrogens with two attached hydrogens (primary N) is 1. The molecule has 20 heavy (non-hydrogen) atoms. The van der Waals surface area contributed by atoms with Gasteiger partial charge in [-0.15, -0.1) is 0 Å². The molecule has 8 nitrogen and oxygen atoms in total. The molecule has 0 aliphatic heterocycles. The summed E-state index contributed by atoms with van der Waals surface area (Å²) in [5, 5.41) is 19.9. The highest BCUT2D eigenvalue weighted by atomic mass is 16.6. The summed E-state index contributed by atoms with van der Waals surface area (Å²) in [6.07, 6.45) is 1.02. The second-order valence-corrected chi connectivity index (χ2v) is 3.56. The Hall–Kier alpha value is -3.08. The van der Waals surface area contributed by atoms with Crippen molar-refractivity contribution in [2.45, 2.75) is 0 Å². The summed E-state index contributed by atoms with van der Waals surface area (Å²) < 4.78 is 9.89. The van der Waals surface area contributed by atoms with E-state index in [1.807, 2.05) is 0 Å². The molecule has 1 aromatic rings. The lowest BCUT2D eigenvalue weighted by Gasteiger charge is -2.08. The van der Waals surface area contributed by atoms with Crippen molar-refractivity contribution >= 4 is 17.7 Å². The summed E-state index contributed by atoms with van der Waals surface area (Å²) in [7, 11) is 2.63. The highest BCUT2D eigenvalue weighted by molar-refractivity contribution is 6.01. The van der Waals surface area contributed by atoms with Gasteiger partial charge in [-0.05, 0) is 12.1 Å². The maximum atomic E-state index is 11.1. The van der Waals surface area contributed by atoms with Crippen LogP contribution in [-0.4, -0.2) is 25.1 Å². The van der Waals surface area contributed by atoms with Gasteiger partial charge < -0.3 is 15.2 Å². The molecule has 0 saturated heterocycles. The van der Waals surface area contributed by atoms with Gasteiger partial charge in [0.25, 0.3) is 5.91 Å². The van der Waals surface area contributed by atoms with Crippen molar-refractivity contribution in [1.29, 1.82) is 5.26 Å². The number of rotatable bonds is 5. The number of amides is 1. The molecule has 1 amide bonds. The molecule has 0 aliphatic carbocycles. The van der Waals surface area contributed by atoms with Gasteiger partial charge in [-0.3, -0.25) is 14.9 Å². The van der Waals surface area contributed by atoms with Crippen molar-refractivity contribution in [1.82, 2.24) is 0 Å². The van der Waals surface area contributed by atoms with Crippen molar-refractivity contribution in [3.05, 3.63) is 33.4 Å². The maximum Gasteiger partial charge on any atom is 0.318 e. The average Bonchev–Trinajstić information content (AvgIpc) is 2.42. The van der Waals surface area contributed by atoms with Gasteiger partial charge >= 0.3 is 5.69 Å². The van der Waals surface area contributed by atoms with Gasteiger partial charge in [0.2, 0.25) is 5.75 Å². The van der Waals surface area contributed by atoms with Gasteiger partial charge in [0.15, 0.2) is 0 Å². The van der Waals surface area contributed by atoms with Gasteiger partial charge in [0.1, 0.15) is 17.4 Å². The lowest BCUT2D eigenvalue weighted by atomic mass is 10.1. The van der Waals surface area contributed by atoms with E-state index in [4.69, 9.17) is 20.5 Å². The van der Waals surface area contributed by atoms with Crippen LogP contribution in [0.5, 0.6) is 11.5 Å². The molecule has 0 saturated carbocycles. The van der Waals surface area contributed by atoms with E-state index in [1.165, 1.54) is 26.4 Å². The Morgan fingerprint density at radius 3 is 2.50 bits per heavy atom. The number of carbonyl (C=O) groups is 1. The number of nitro benzene ring substituents is 1. The van der Waals surface area contributed by atoms with Crippen LogP contribution >= 0.6 is 0 Å². The van der Waals surface area contributed by atoms with Crippen LogP contribution in [0.4, 0.5) is 5.69 Å². The van der Waals surface area contributed by atoms with Crippen LogP contribution < -0.4 is 15.2 Å². The third-order valence-corrected chi connectivity index (χ3v) is 2.40. The van der Waals surface area contributed by atoms with Crippen molar-refractivity contribution < 1.29 is 19.2 Å². The summed E-state index contributed by atoms with van der Waals surface area (Å²) in [5.74, 6) is -0.758. The molecule has 0 heterocycles. The van der Waals surface area contributed by atoms with E-state index in [9.17, 15) is 14.9 Å². The number of nitrogens with zero attached hydrogens (tertiary/aromatic N) is 2. The summed E-state index contributed by atoms with van der Waals surface area (Å²) in [4.78, 5) is 21.4. The van der Waals surface area contributed by atoms with Crippen LogP contribution in [0.2, 0.25) is 0 Å². The summed E-state index contributed by atoms with van der Waals surface area (Å²) in [6.45, 7) is 0. The quantitative estimate of drug-likeness (QED) is 0.370. The van der Waals surface area contributed by atoms with Gasteiger partial charge in [0.05, 0.1) is 24.7 Å². The van der Waals surface area contributed by atoms with Crippen LogP contribution in [0.3, 0.4) is 0 Å². The molecule has 0 aliphatic rings. The Morgan fingerprint density at radius 2 is 2.10 bits per heavy atom. The van der Waals surface area contributed by atoms with Crippen LogP contribution in [0.15, 0.2) is 17.7 Å². The molecule has 0 fully saturated rings. The first-order chi connectivity index (χ1) is 9.44. The van der Waals surface area contributed by atoms with Crippen molar-refractivity contribution in [3.63, 3.8) is 0 Å². The Bertz CT molecular complexity index is 631. The number of primary amides is 1. The molecule has 2 N–H and O–H groups in total. The van der Waals surface area contributed by atoms with E-state index in [0.29, 0.717) is 0 Å². The number of benzene rings is 1. The highest BCUT2D eigenvalue weighted by Crippen LogP contribution is 2.36. The van der Waals surface area contributed by atoms with E-state index in [0.717, 1.165) is 6.08 Å². The van der Waals surface area contributed by atoms with Gasteiger partial charge in [-0.25, -0.2) is 0 Å². The predicted octanol–water partition coefficient (Wildman–Crippen LogP) is 1.00. The van der Waals surface area contributed by atoms with Crippen LogP contribution in [-0.2, 0) is 4.79 Å². The fraction of sp³-hybridized carbons (Fsp3) is 0.167. The number of nitriles is 1. The number of ether oxygens (including phenoxy) is 2. The molecule has 8 heteroatoms. The Kier molecular flexibility index (Phi) is 4.64. The molecule has 0 unspecified atom stereocenters. The first-order valence-electron chi connectivity index (χ1n) is 5.26. The monoisotopic (exact) mass is 277 g/mol. The standard InChI is InChI=1S/C12H11N3O5/c1-19-9-4-7(3-8(6-13)12(14)16)11(15(17)18)10(5-9)20-2/h3-5H,1-2H3,(H2,14,16)/b8-3+. The van der Waals surface area contributed by atoms with Crippen molar-refractivity contribution in [3.8, 4) is 17.6 Å². The first-order valence-corrected chi connectivity index (χ1v) is 5.26. The van der Waals surface area contributed by atoms with E-state index < -0.39 is 16.4 Å². The smallest absolute Gasteiger partial charge is 0.318 e. The molecule has 1 rings (SSSR count). The van der Waals surface area contributed by atoms with E-state index in [2.05, 4.69) is 0 Å². The lowest BCUT2D eigenvalue weighted by molar-refractivity contribution is -0.386. The lowest BCUT2D eigenvalue weighted by Crippen LogP contribution is -2.12. The van der Waals surface area contributed by atoms with Crippen molar-refractivity contribution in [2.24, 2.45) is 5.73 Å². The first kappa shape index (κ1) is 15.0. The number of nitro groups is 1. The third-order valence-electron chi connectivity index (χ3n) is 2.40. The number of hydrogen-bond acceptors (Lipinski definition) is 6. The Labute approximate surface area is 114 Å². The fourth-order valence-corrected chi connectivity index (χ4v) is 1.50. The van der Waals surface area contributed by atoms with Crippen LogP contribution in [0, 0.1) is 21.4 Å². The minimum Gasteiger partial charge on any atom is -0.497 e. The number of methoxy groups -OCH3 is 2. The maximum absolute atomic E-state index is 11.1. The zero-order valence-corrected chi connectivity index (χ0v) is 10.7. The summed E-state index contributed by atoms with van der Waals surface area (Å²) in [5.41, 5.74) is 4.19. The van der Waals surface area contributed by atoms with Gasteiger partial charge in [-0.2, -0.15) is 5.26 Å². The molecule has 104 valence electrons. The average molecular weight is 277 g/mol. The SMILES string of the molecule is COc1cc(/C=C(\C#N)C(N)=O)c([N+](=O)[O-])c(OC)c1. The normalized spacial score (nSPS) is 10.6. The minimum atomic E-state index is -0.983. The molecule has 1 aromatic carbocycles. The second-order valence-electron chi connectivity index (χ2n) is 3.56. The van der Waals surface area contributed by atoms with Crippen LogP contribution in [0.1, 0.15) is 5.56 Å². The predicted molar refractivity (Wildman–Crippen MR) is 69.0 cm³/mol. The molecule has 0 radical (unpaired) electrons. The largest absolute Gasteiger partial charge is 0.497 e. The van der Waals surface area contributed by atoms with E-state index in [-0.39, 0.29) is 22.7 Å². The summed E-state index contributed by atoms with van der Waals surface area (Å²) in [6, 6.07) is 4.21. The van der Waals surface area contributed by atoms with Gasteiger partial charge in [0, 0.05) is 6.07 Å². The molecule has 0 bridgehead atoms. The Balaban J connectivity index is 3.62. The van der Waals surface area contributed by atoms with Crippen molar-refractivity contribution in [2.75, 3.05) is 14.2 Å². The summed E-state index contributed by atoms with van der Waals surface area (Å²) >= 11 is 0. The third kappa shape index (κ3) is 3.02. The molecule has 0 aromatic heterocycles. The zero-order valence-electron chi connectivity index (χ0n) is 10.7. The molecule has 0 atom stereocenters. The zero-order chi connectivity index (χ0) is 15.3. The van der Waals surface area contributed by atoms with Gasteiger partial charge in [-0.1, -0.05) is 0 Å². The number of carbonyl (C=O) groups excluding carboxylic acids is 1. The number of hydrogen-bond donors (Lipinski definition) is 1. The highest BCUT2D eigenvalue weighted by Gasteiger charge is 2.22. The van der Waals surface area contributed by atoms with Crippen LogP contribution in [0.25, 0.3) is 6.08 Å². The van der Waals surface area contributed by atoms with E-state index >= 15 is 0 Å². The second kappa shape index (κ2) is 6.19. The molecular weight excluding hydrogens is 266 g/mol.